The van der Waals surface area contributed by atoms with Gasteiger partial charge >= 0.3 is 0 Å². The summed E-state index contributed by atoms with van der Waals surface area (Å²) in [5, 5.41) is 10.5. The first-order valence-electron chi connectivity index (χ1n) is 5.52. The Morgan fingerprint density at radius 3 is 1.68 bits per heavy atom. The Morgan fingerprint density at radius 1 is 0.842 bits per heavy atom. The van der Waals surface area contributed by atoms with Crippen molar-refractivity contribution in [1.29, 1.82) is 0 Å². The molecule has 0 unspecified atom stereocenters. The molecule has 2 aromatic carbocycles. The highest BCUT2D eigenvalue weighted by molar-refractivity contribution is 5.47. The molecule has 0 aromatic heterocycles. The van der Waals surface area contributed by atoms with Gasteiger partial charge in [0, 0.05) is 28.8 Å². The average Bonchev–Trinajstić information content (AvgIpc) is 2.46. The van der Waals surface area contributed by atoms with Gasteiger partial charge in [0.1, 0.15) is 0 Å². The second-order valence-corrected chi connectivity index (χ2v) is 3.78. The number of terminal acetylenes is 1. The maximum atomic E-state index is 10.5. The zero-order valence-corrected chi connectivity index (χ0v) is 9.96. The van der Waals surface area contributed by atoms with E-state index < -0.39 is 4.92 Å². The summed E-state index contributed by atoms with van der Waals surface area (Å²) >= 11 is 0. The lowest BCUT2D eigenvalue weighted by molar-refractivity contribution is -0.384. The normalized spacial score (nSPS) is 9.00. The molecule has 0 N–H and O–H groups in total. The van der Waals surface area contributed by atoms with Crippen LogP contribution in [0, 0.1) is 34.3 Å². The fourth-order valence-electron chi connectivity index (χ4n) is 1.46. The first kappa shape index (κ1) is 12.4. The molecule has 0 spiro atoms. The molecule has 0 amide bonds. The van der Waals surface area contributed by atoms with Crippen LogP contribution in [0.5, 0.6) is 0 Å². The maximum absolute atomic E-state index is 10.5. The second kappa shape index (κ2) is 5.53. The van der Waals surface area contributed by atoms with Crippen LogP contribution >= 0.6 is 0 Å². The predicted octanol–water partition coefficient (Wildman–Crippen LogP) is 2.98. The van der Waals surface area contributed by atoms with Gasteiger partial charge in [0.25, 0.3) is 5.69 Å². The molecular formula is C16H9NO2. The predicted molar refractivity (Wildman–Crippen MR) is 73.5 cm³/mol. The number of non-ortho nitro benzene ring substituents is 1. The summed E-state index contributed by atoms with van der Waals surface area (Å²) in [6.45, 7) is 0. The standard InChI is InChI=1S/C16H9NO2/c1-2-13-3-5-14(6-4-13)7-8-15-9-11-16(12-10-15)17(18)19/h1,3-6,9-12H. The van der Waals surface area contributed by atoms with Gasteiger partial charge in [-0.15, -0.1) is 6.42 Å². The van der Waals surface area contributed by atoms with Gasteiger partial charge in [0.15, 0.2) is 0 Å². The Kier molecular flexibility index (Phi) is 3.61. The molecule has 0 atom stereocenters. The van der Waals surface area contributed by atoms with Gasteiger partial charge < -0.3 is 0 Å². The fraction of sp³-hybridized carbons (Fsp3) is 0. The van der Waals surface area contributed by atoms with Gasteiger partial charge in [-0.2, -0.15) is 0 Å². The second-order valence-electron chi connectivity index (χ2n) is 3.78. The number of hydrogen-bond acceptors (Lipinski definition) is 2. The SMILES string of the molecule is C#Cc1ccc(C#Cc2ccc([N+](=O)[O-])cc2)cc1. The van der Waals surface area contributed by atoms with Crippen molar-refractivity contribution >= 4 is 5.69 Å². The number of hydrogen-bond donors (Lipinski definition) is 0. The number of nitro benzene ring substituents is 1. The van der Waals surface area contributed by atoms with Crippen molar-refractivity contribution in [1.82, 2.24) is 0 Å². The first-order valence-corrected chi connectivity index (χ1v) is 5.52. The van der Waals surface area contributed by atoms with E-state index >= 15 is 0 Å². The monoisotopic (exact) mass is 247 g/mol. The van der Waals surface area contributed by atoms with Crippen LogP contribution in [-0.4, -0.2) is 4.92 Å². The van der Waals surface area contributed by atoms with Gasteiger partial charge in [-0.05, 0) is 36.4 Å². The van der Waals surface area contributed by atoms with Crippen molar-refractivity contribution < 1.29 is 4.92 Å². The summed E-state index contributed by atoms with van der Waals surface area (Å²) < 4.78 is 0. The zero-order valence-electron chi connectivity index (χ0n) is 9.96. The Bertz CT molecular complexity index is 696. The molecular weight excluding hydrogens is 238 g/mol. The minimum absolute atomic E-state index is 0.0592. The Morgan fingerprint density at radius 2 is 1.26 bits per heavy atom. The summed E-state index contributed by atoms with van der Waals surface area (Å²) in [6, 6.07) is 13.4. The molecule has 0 radical (unpaired) electrons. The number of benzene rings is 2. The van der Waals surface area contributed by atoms with E-state index in [1.54, 1.807) is 12.1 Å². The van der Waals surface area contributed by atoms with E-state index in [2.05, 4.69) is 17.8 Å². The summed E-state index contributed by atoms with van der Waals surface area (Å²) in [5.74, 6) is 8.45. The van der Waals surface area contributed by atoms with E-state index in [9.17, 15) is 10.1 Å². The van der Waals surface area contributed by atoms with Crippen LogP contribution in [0.15, 0.2) is 48.5 Å². The third-order valence-corrected chi connectivity index (χ3v) is 2.48. The Labute approximate surface area is 111 Å². The minimum Gasteiger partial charge on any atom is -0.258 e. The molecule has 0 saturated carbocycles. The van der Waals surface area contributed by atoms with Crippen LogP contribution in [0.1, 0.15) is 16.7 Å². The molecule has 0 aliphatic heterocycles. The maximum Gasteiger partial charge on any atom is 0.269 e. The van der Waals surface area contributed by atoms with Gasteiger partial charge in [-0.1, -0.05) is 17.8 Å². The minimum atomic E-state index is -0.435. The molecule has 3 nitrogen and oxygen atoms in total. The van der Waals surface area contributed by atoms with Gasteiger partial charge in [-0.25, -0.2) is 0 Å². The van der Waals surface area contributed by atoms with Gasteiger partial charge in [0.2, 0.25) is 0 Å². The Hall–Kier alpha value is -3.04. The van der Waals surface area contributed by atoms with Crippen LogP contribution in [-0.2, 0) is 0 Å². The fourth-order valence-corrected chi connectivity index (χ4v) is 1.46. The molecule has 0 fully saturated rings. The number of nitrogens with zero attached hydrogens (tertiary/aromatic N) is 1. The lowest BCUT2D eigenvalue weighted by atomic mass is 10.1. The molecule has 0 aliphatic rings. The van der Waals surface area contributed by atoms with Crippen LogP contribution in [0.3, 0.4) is 0 Å². The summed E-state index contributed by atoms with van der Waals surface area (Å²) in [4.78, 5) is 10.1. The van der Waals surface area contributed by atoms with E-state index in [1.165, 1.54) is 12.1 Å². The van der Waals surface area contributed by atoms with E-state index in [-0.39, 0.29) is 5.69 Å². The Balaban J connectivity index is 2.19. The highest BCUT2D eigenvalue weighted by Crippen LogP contribution is 2.11. The molecule has 2 rings (SSSR count). The van der Waals surface area contributed by atoms with Crippen molar-refractivity contribution in [2.24, 2.45) is 0 Å². The molecule has 2 aromatic rings. The van der Waals surface area contributed by atoms with Crippen molar-refractivity contribution in [3.63, 3.8) is 0 Å². The van der Waals surface area contributed by atoms with Gasteiger partial charge in [0.05, 0.1) is 4.92 Å². The topological polar surface area (TPSA) is 43.1 Å². The largest absolute Gasteiger partial charge is 0.269 e. The van der Waals surface area contributed by atoms with Crippen molar-refractivity contribution in [2.45, 2.75) is 0 Å². The molecule has 3 heteroatoms. The van der Waals surface area contributed by atoms with Gasteiger partial charge in [-0.3, -0.25) is 10.1 Å². The highest BCUT2D eigenvalue weighted by Gasteiger charge is 2.02. The van der Waals surface area contributed by atoms with Crippen molar-refractivity contribution in [2.75, 3.05) is 0 Å². The lowest BCUT2D eigenvalue weighted by Gasteiger charge is -1.92. The molecule has 0 aliphatic carbocycles. The lowest BCUT2D eigenvalue weighted by Crippen LogP contribution is -1.86. The number of nitro groups is 1. The summed E-state index contributed by atoms with van der Waals surface area (Å²) in [6.07, 6.45) is 5.26. The first-order chi connectivity index (χ1) is 9.19. The van der Waals surface area contributed by atoms with E-state index in [1.807, 2.05) is 24.3 Å². The average molecular weight is 247 g/mol. The van der Waals surface area contributed by atoms with Crippen LogP contribution in [0.25, 0.3) is 0 Å². The smallest absolute Gasteiger partial charge is 0.258 e. The van der Waals surface area contributed by atoms with E-state index in [0.29, 0.717) is 0 Å². The number of rotatable bonds is 1. The van der Waals surface area contributed by atoms with E-state index in [4.69, 9.17) is 6.42 Å². The third-order valence-electron chi connectivity index (χ3n) is 2.48. The van der Waals surface area contributed by atoms with Crippen LogP contribution in [0.2, 0.25) is 0 Å². The van der Waals surface area contributed by atoms with Crippen LogP contribution in [0.4, 0.5) is 5.69 Å². The van der Waals surface area contributed by atoms with Crippen LogP contribution < -0.4 is 0 Å². The molecule has 90 valence electrons. The summed E-state index contributed by atoms with van der Waals surface area (Å²) in [5.41, 5.74) is 2.44. The molecule has 0 heterocycles. The zero-order chi connectivity index (χ0) is 13.7. The van der Waals surface area contributed by atoms with Crippen molar-refractivity contribution in [3.05, 3.63) is 75.3 Å². The highest BCUT2D eigenvalue weighted by atomic mass is 16.6. The van der Waals surface area contributed by atoms with Crippen molar-refractivity contribution in [3.8, 4) is 24.2 Å². The molecule has 19 heavy (non-hydrogen) atoms. The third kappa shape index (κ3) is 3.21. The molecule has 0 saturated heterocycles. The molecule has 0 bridgehead atoms. The summed E-state index contributed by atoms with van der Waals surface area (Å²) in [7, 11) is 0. The quantitative estimate of drug-likeness (QED) is 0.441. The van der Waals surface area contributed by atoms with E-state index in [0.717, 1.165) is 16.7 Å².